The summed E-state index contributed by atoms with van der Waals surface area (Å²) >= 11 is 0. The monoisotopic (exact) mass is 344 g/mol. The lowest BCUT2D eigenvalue weighted by atomic mass is 10.0. The van der Waals surface area contributed by atoms with Gasteiger partial charge in [-0.15, -0.1) is 0 Å². The van der Waals surface area contributed by atoms with Gasteiger partial charge < -0.3 is 15.0 Å². The van der Waals surface area contributed by atoms with E-state index in [1.807, 2.05) is 0 Å². The molecule has 2 N–H and O–H groups in total. The maximum absolute atomic E-state index is 14.0. The number of carbonyl (C=O) groups is 2. The number of ether oxygens (including phenoxy) is 1. The van der Waals surface area contributed by atoms with E-state index in [-0.39, 0.29) is 5.56 Å². The summed E-state index contributed by atoms with van der Waals surface area (Å²) in [6.07, 6.45) is 1.68. The van der Waals surface area contributed by atoms with E-state index >= 15 is 0 Å². The van der Waals surface area contributed by atoms with Crippen LogP contribution in [0.4, 0.5) is 8.78 Å². The van der Waals surface area contributed by atoms with Crippen LogP contribution in [-0.4, -0.2) is 24.0 Å². The minimum absolute atomic E-state index is 0.178. The quantitative estimate of drug-likeness (QED) is 0.715. The van der Waals surface area contributed by atoms with E-state index in [1.54, 1.807) is 30.5 Å². The van der Waals surface area contributed by atoms with E-state index in [9.17, 15) is 18.4 Å². The summed E-state index contributed by atoms with van der Waals surface area (Å²) in [7, 11) is 1.12. The molecule has 1 amide bonds. The van der Waals surface area contributed by atoms with Crippen molar-refractivity contribution in [3.63, 3.8) is 0 Å². The first-order valence-electron chi connectivity index (χ1n) is 7.41. The molecule has 25 heavy (non-hydrogen) atoms. The number of hydrogen-bond acceptors (Lipinski definition) is 3. The Kier molecular flexibility index (Phi) is 4.47. The first kappa shape index (κ1) is 16.6. The standard InChI is InChI=1S/C18H14F2N2O3/c1-25-18(24)16(13-6-5-10(19)9-14(13)20)22-17(23)12-3-2-4-15-11(12)7-8-21-15/h2-9,16,21H,1H3,(H,22,23)/t16-/m1/s1. The molecule has 7 heteroatoms. The SMILES string of the molecule is COC(=O)[C@H](NC(=O)c1cccc2[nH]ccc12)c1ccc(F)cc1F. The second kappa shape index (κ2) is 6.72. The van der Waals surface area contributed by atoms with Crippen LogP contribution in [0.25, 0.3) is 10.9 Å². The summed E-state index contributed by atoms with van der Waals surface area (Å²) in [5.74, 6) is -3.17. The van der Waals surface area contributed by atoms with Gasteiger partial charge in [-0.1, -0.05) is 12.1 Å². The number of benzene rings is 2. The summed E-state index contributed by atoms with van der Waals surface area (Å²) in [6.45, 7) is 0. The highest BCUT2D eigenvalue weighted by molar-refractivity contribution is 6.07. The van der Waals surface area contributed by atoms with Gasteiger partial charge in [0.05, 0.1) is 7.11 Å². The number of aromatic nitrogens is 1. The molecule has 128 valence electrons. The second-order valence-electron chi connectivity index (χ2n) is 5.34. The maximum atomic E-state index is 14.0. The van der Waals surface area contributed by atoms with Gasteiger partial charge >= 0.3 is 5.97 Å². The van der Waals surface area contributed by atoms with E-state index in [0.717, 1.165) is 24.8 Å². The lowest BCUT2D eigenvalue weighted by Crippen LogP contribution is -2.35. The molecule has 0 aliphatic heterocycles. The van der Waals surface area contributed by atoms with Gasteiger partial charge in [-0.25, -0.2) is 13.6 Å². The summed E-state index contributed by atoms with van der Waals surface area (Å²) in [4.78, 5) is 27.6. The van der Waals surface area contributed by atoms with Crippen molar-refractivity contribution in [1.29, 1.82) is 0 Å². The van der Waals surface area contributed by atoms with Crippen molar-refractivity contribution in [1.82, 2.24) is 10.3 Å². The molecule has 0 bridgehead atoms. The van der Waals surface area contributed by atoms with Gasteiger partial charge in [0.2, 0.25) is 0 Å². The number of esters is 1. The Labute approximate surface area is 141 Å². The number of carbonyl (C=O) groups excluding carboxylic acids is 2. The van der Waals surface area contributed by atoms with E-state index in [1.165, 1.54) is 0 Å². The highest BCUT2D eigenvalue weighted by Gasteiger charge is 2.27. The number of hydrogen-bond donors (Lipinski definition) is 2. The van der Waals surface area contributed by atoms with Crippen LogP contribution < -0.4 is 5.32 Å². The van der Waals surface area contributed by atoms with Crippen LogP contribution in [-0.2, 0) is 9.53 Å². The van der Waals surface area contributed by atoms with E-state index < -0.39 is 29.6 Å². The Morgan fingerprint density at radius 1 is 1.16 bits per heavy atom. The molecule has 0 saturated heterocycles. The molecule has 0 aliphatic carbocycles. The van der Waals surface area contributed by atoms with E-state index in [4.69, 9.17) is 0 Å². The first-order chi connectivity index (χ1) is 12.0. The molecule has 0 spiro atoms. The summed E-state index contributed by atoms with van der Waals surface area (Å²) in [6, 6.07) is 8.13. The minimum Gasteiger partial charge on any atom is -0.467 e. The van der Waals surface area contributed by atoms with Crippen molar-refractivity contribution in [3.05, 3.63) is 71.4 Å². The van der Waals surface area contributed by atoms with Crippen molar-refractivity contribution in [2.75, 3.05) is 7.11 Å². The van der Waals surface area contributed by atoms with Crippen LogP contribution in [0.3, 0.4) is 0 Å². The van der Waals surface area contributed by atoms with Crippen molar-refractivity contribution in [2.45, 2.75) is 6.04 Å². The van der Waals surface area contributed by atoms with Crippen LogP contribution in [0, 0.1) is 11.6 Å². The fraction of sp³-hybridized carbons (Fsp3) is 0.111. The van der Waals surface area contributed by atoms with Gasteiger partial charge in [0.15, 0.2) is 6.04 Å². The van der Waals surface area contributed by atoms with Crippen LogP contribution in [0.1, 0.15) is 22.0 Å². The largest absolute Gasteiger partial charge is 0.467 e. The highest BCUT2D eigenvalue weighted by atomic mass is 19.1. The van der Waals surface area contributed by atoms with Crippen molar-refractivity contribution in [2.24, 2.45) is 0 Å². The highest BCUT2D eigenvalue weighted by Crippen LogP contribution is 2.22. The summed E-state index contributed by atoms with van der Waals surface area (Å²) in [5.41, 5.74) is 0.883. The third-order valence-corrected chi connectivity index (χ3v) is 3.83. The smallest absolute Gasteiger partial charge is 0.333 e. The topological polar surface area (TPSA) is 71.2 Å². The number of fused-ring (bicyclic) bond motifs is 1. The van der Waals surface area contributed by atoms with E-state index in [2.05, 4.69) is 15.0 Å². The molecule has 2 aromatic carbocycles. The predicted octanol–water partition coefficient (Wildman–Crippen LogP) is 3.09. The normalized spacial score (nSPS) is 12.0. The molecular weight excluding hydrogens is 330 g/mol. The van der Waals surface area contributed by atoms with Crippen LogP contribution in [0.15, 0.2) is 48.7 Å². The number of halogens is 2. The molecule has 1 heterocycles. The van der Waals surface area contributed by atoms with Gasteiger partial charge in [-0.05, 0) is 24.3 Å². The average Bonchev–Trinajstić information content (AvgIpc) is 3.08. The number of rotatable bonds is 4. The Morgan fingerprint density at radius 2 is 1.96 bits per heavy atom. The molecule has 1 atom stereocenters. The minimum atomic E-state index is -1.40. The molecule has 0 fully saturated rings. The van der Waals surface area contributed by atoms with Crippen molar-refractivity contribution >= 4 is 22.8 Å². The molecule has 5 nitrogen and oxygen atoms in total. The van der Waals surface area contributed by atoms with Crippen LogP contribution in [0.2, 0.25) is 0 Å². The predicted molar refractivity (Wildman–Crippen MR) is 86.9 cm³/mol. The first-order valence-corrected chi connectivity index (χ1v) is 7.41. The van der Waals surface area contributed by atoms with Crippen LogP contribution >= 0.6 is 0 Å². The van der Waals surface area contributed by atoms with Gasteiger partial charge in [0, 0.05) is 34.3 Å². The Hall–Kier alpha value is -3.22. The van der Waals surface area contributed by atoms with Crippen molar-refractivity contribution < 1.29 is 23.1 Å². The molecule has 0 unspecified atom stereocenters. The molecule has 1 aromatic heterocycles. The van der Waals surface area contributed by atoms with Crippen LogP contribution in [0.5, 0.6) is 0 Å². The zero-order valence-electron chi connectivity index (χ0n) is 13.2. The van der Waals surface area contributed by atoms with Gasteiger partial charge in [-0.2, -0.15) is 0 Å². The maximum Gasteiger partial charge on any atom is 0.333 e. The molecule has 0 saturated carbocycles. The molecular formula is C18H14F2N2O3. The molecule has 0 radical (unpaired) electrons. The zero-order valence-corrected chi connectivity index (χ0v) is 13.2. The van der Waals surface area contributed by atoms with Gasteiger partial charge in [-0.3, -0.25) is 4.79 Å². The number of aromatic amines is 1. The number of methoxy groups -OCH3 is 1. The number of H-pyrrole nitrogens is 1. The zero-order chi connectivity index (χ0) is 18.0. The molecule has 0 aliphatic rings. The number of amides is 1. The summed E-state index contributed by atoms with van der Waals surface area (Å²) in [5, 5.41) is 3.11. The lowest BCUT2D eigenvalue weighted by molar-refractivity contribution is -0.143. The van der Waals surface area contributed by atoms with E-state index in [0.29, 0.717) is 17.0 Å². The third kappa shape index (κ3) is 3.21. The Bertz CT molecular complexity index is 952. The van der Waals surface area contributed by atoms with Crippen molar-refractivity contribution in [3.8, 4) is 0 Å². The Morgan fingerprint density at radius 3 is 2.68 bits per heavy atom. The fourth-order valence-corrected chi connectivity index (χ4v) is 2.61. The third-order valence-electron chi connectivity index (χ3n) is 3.83. The molecule has 3 aromatic rings. The summed E-state index contributed by atoms with van der Waals surface area (Å²) < 4.78 is 31.8. The number of nitrogens with one attached hydrogen (secondary N) is 2. The van der Waals surface area contributed by atoms with Gasteiger partial charge in [0.1, 0.15) is 11.6 Å². The fourth-order valence-electron chi connectivity index (χ4n) is 2.61. The van der Waals surface area contributed by atoms with Gasteiger partial charge in [0.25, 0.3) is 5.91 Å². The lowest BCUT2D eigenvalue weighted by Gasteiger charge is -2.18. The molecule has 3 rings (SSSR count). The second-order valence-corrected chi connectivity index (χ2v) is 5.34. The Balaban J connectivity index is 1.97. The average molecular weight is 344 g/mol.